The molecule has 0 radical (unpaired) electrons. The Bertz CT molecular complexity index is 391. The number of rotatable bonds is 3. The summed E-state index contributed by atoms with van der Waals surface area (Å²) in [6.07, 6.45) is 7.09. The van der Waals surface area contributed by atoms with Gasteiger partial charge in [-0.15, -0.1) is 0 Å². The van der Waals surface area contributed by atoms with E-state index in [1.165, 1.54) is 37.7 Å². The molecule has 0 aromatic heterocycles. The van der Waals surface area contributed by atoms with Gasteiger partial charge in [0.2, 0.25) is 5.91 Å². The number of carbonyl (C=O) groups is 1. The number of hydrazine groups is 1. The van der Waals surface area contributed by atoms with Crippen LogP contribution in [0.2, 0.25) is 0 Å². The van der Waals surface area contributed by atoms with E-state index in [0.717, 1.165) is 16.5 Å². The summed E-state index contributed by atoms with van der Waals surface area (Å²) in [6.45, 7) is 0. The monoisotopic (exact) mass is 246 g/mol. The molecule has 0 unspecified atom stereocenters. The summed E-state index contributed by atoms with van der Waals surface area (Å²) in [4.78, 5) is 11.5. The fourth-order valence-corrected chi connectivity index (χ4v) is 2.64. The lowest BCUT2D eigenvalue weighted by atomic mass is 9.84. The van der Waals surface area contributed by atoms with Crippen molar-refractivity contribution in [2.45, 2.75) is 44.4 Å². The summed E-state index contributed by atoms with van der Waals surface area (Å²) in [5, 5.41) is 1.15. The molecule has 0 bridgehead atoms. The maximum atomic E-state index is 11.5. The van der Waals surface area contributed by atoms with E-state index in [-0.39, 0.29) is 5.91 Å². The molecule has 0 atom stereocenters. The summed E-state index contributed by atoms with van der Waals surface area (Å²) < 4.78 is 0. The van der Waals surface area contributed by atoms with Gasteiger partial charge in [0.25, 0.3) is 0 Å². The Morgan fingerprint density at radius 2 is 1.83 bits per heavy atom. The smallest absolute Gasteiger partial charge is 0.240 e. The van der Waals surface area contributed by atoms with E-state index >= 15 is 0 Å². The van der Waals surface area contributed by atoms with Gasteiger partial charge in [-0.05, 0) is 29.9 Å². The molecule has 0 saturated heterocycles. The Balaban J connectivity index is 1.98. The molecule has 1 aliphatic carbocycles. The van der Waals surface area contributed by atoms with Gasteiger partial charge in [0.05, 0.1) is 6.42 Å². The molecule has 1 aliphatic rings. The lowest BCUT2D eigenvalue weighted by Gasteiger charge is -2.22. The molecule has 1 aromatic carbocycles. The van der Waals surface area contributed by atoms with Crippen molar-refractivity contribution < 1.29 is 4.79 Å². The second-order valence-electron chi connectivity index (χ2n) is 5.26. The van der Waals surface area contributed by atoms with Crippen molar-refractivity contribution in [2.24, 2.45) is 5.84 Å². The second-order valence-corrected chi connectivity index (χ2v) is 5.26. The normalized spacial score (nSPS) is 16.6. The number of nitrogens with two attached hydrogens (primary N) is 1. The summed E-state index contributed by atoms with van der Waals surface area (Å²) in [6, 6.07) is 8.47. The van der Waals surface area contributed by atoms with Crippen LogP contribution in [0.15, 0.2) is 24.3 Å². The highest BCUT2D eigenvalue weighted by molar-refractivity contribution is 5.77. The van der Waals surface area contributed by atoms with Gasteiger partial charge in [-0.1, -0.05) is 43.5 Å². The van der Waals surface area contributed by atoms with Crippen LogP contribution < -0.4 is 5.84 Å². The van der Waals surface area contributed by atoms with Crippen molar-refractivity contribution in [2.75, 3.05) is 7.05 Å². The maximum Gasteiger partial charge on any atom is 0.240 e. The first-order valence-corrected chi connectivity index (χ1v) is 6.77. The molecular formula is C15H22N2O. The fraction of sp³-hybridized carbons (Fsp3) is 0.533. The minimum absolute atomic E-state index is 0.0552. The highest BCUT2D eigenvalue weighted by Crippen LogP contribution is 2.32. The van der Waals surface area contributed by atoms with E-state index in [2.05, 4.69) is 24.3 Å². The van der Waals surface area contributed by atoms with Crippen LogP contribution in [0.1, 0.15) is 49.1 Å². The van der Waals surface area contributed by atoms with Crippen LogP contribution in [0.3, 0.4) is 0 Å². The highest BCUT2D eigenvalue weighted by atomic mass is 16.2. The average molecular weight is 246 g/mol. The third-order valence-electron chi connectivity index (χ3n) is 3.81. The lowest BCUT2D eigenvalue weighted by Crippen LogP contribution is -2.34. The van der Waals surface area contributed by atoms with Gasteiger partial charge in [0.1, 0.15) is 0 Å². The number of hydrogen-bond acceptors (Lipinski definition) is 2. The zero-order valence-corrected chi connectivity index (χ0v) is 11.1. The SMILES string of the molecule is CN(N)C(=O)Cc1ccc(C2CCCCC2)cc1. The summed E-state index contributed by atoms with van der Waals surface area (Å²) in [7, 11) is 1.58. The molecule has 0 heterocycles. The standard InChI is InChI=1S/C15H22N2O/c1-17(16)15(18)11-12-7-9-14(10-8-12)13-5-3-2-4-6-13/h7-10,13H,2-6,11,16H2,1H3. The molecule has 1 aromatic rings. The van der Waals surface area contributed by atoms with Crippen molar-refractivity contribution in [1.29, 1.82) is 0 Å². The van der Waals surface area contributed by atoms with E-state index in [9.17, 15) is 4.79 Å². The first-order valence-electron chi connectivity index (χ1n) is 6.77. The van der Waals surface area contributed by atoms with Gasteiger partial charge in [0, 0.05) is 7.05 Å². The molecule has 1 saturated carbocycles. The van der Waals surface area contributed by atoms with Crippen LogP contribution in [0.4, 0.5) is 0 Å². The molecule has 0 spiro atoms. The molecule has 2 rings (SSSR count). The molecular weight excluding hydrogens is 224 g/mol. The third kappa shape index (κ3) is 3.33. The quantitative estimate of drug-likeness (QED) is 0.506. The highest BCUT2D eigenvalue weighted by Gasteiger charge is 2.15. The molecule has 0 aliphatic heterocycles. The van der Waals surface area contributed by atoms with Crippen LogP contribution in [-0.2, 0) is 11.2 Å². The first kappa shape index (κ1) is 13.1. The van der Waals surface area contributed by atoms with E-state index in [0.29, 0.717) is 6.42 Å². The van der Waals surface area contributed by atoms with Crippen molar-refractivity contribution in [3.05, 3.63) is 35.4 Å². The van der Waals surface area contributed by atoms with E-state index < -0.39 is 0 Å². The molecule has 3 heteroatoms. The number of benzene rings is 1. The topological polar surface area (TPSA) is 46.3 Å². The second kappa shape index (κ2) is 6.01. The summed E-state index contributed by atoms with van der Waals surface area (Å²) >= 11 is 0. The van der Waals surface area contributed by atoms with Gasteiger partial charge in [0.15, 0.2) is 0 Å². The Morgan fingerprint density at radius 3 is 2.39 bits per heavy atom. The van der Waals surface area contributed by atoms with E-state index in [4.69, 9.17) is 5.84 Å². The van der Waals surface area contributed by atoms with Gasteiger partial charge in [-0.3, -0.25) is 9.80 Å². The first-order chi connectivity index (χ1) is 8.66. The predicted molar refractivity (Wildman–Crippen MR) is 72.9 cm³/mol. The Labute approximate surface area is 109 Å². The van der Waals surface area contributed by atoms with Crippen molar-refractivity contribution in [3.63, 3.8) is 0 Å². The van der Waals surface area contributed by atoms with Crippen LogP contribution in [0.25, 0.3) is 0 Å². The number of amides is 1. The summed E-state index contributed by atoms with van der Waals surface area (Å²) in [5.74, 6) is 6.08. The van der Waals surface area contributed by atoms with Crippen LogP contribution in [0, 0.1) is 0 Å². The number of likely N-dealkylation sites (N-methyl/N-ethyl adjacent to an activating group) is 1. The number of nitrogens with zero attached hydrogens (tertiary/aromatic N) is 1. The Morgan fingerprint density at radius 1 is 1.22 bits per heavy atom. The zero-order chi connectivity index (χ0) is 13.0. The summed E-state index contributed by atoms with van der Waals surface area (Å²) in [5.41, 5.74) is 2.46. The minimum Gasteiger partial charge on any atom is -0.284 e. The van der Waals surface area contributed by atoms with Crippen molar-refractivity contribution in [1.82, 2.24) is 5.01 Å². The lowest BCUT2D eigenvalue weighted by molar-refractivity contribution is -0.129. The van der Waals surface area contributed by atoms with Gasteiger partial charge >= 0.3 is 0 Å². The third-order valence-corrected chi connectivity index (χ3v) is 3.81. The molecule has 98 valence electrons. The number of hydrogen-bond donors (Lipinski definition) is 1. The zero-order valence-electron chi connectivity index (χ0n) is 11.1. The fourth-order valence-electron chi connectivity index (χ4n) is 2.64. The van der Waals surface area contributed by atoms with Crippen molar-refractivity contribution >= 4 is 5.91 Å². The van der Waals surface area contributed by atoms with Crippen LogP contribution in [-0.4, -0.2) is 18.0 Å². The predicted octanol–water partition coefficient (Wildman–Crippen LogP) is 2.61. The number of carbonyl (C=O) groups excluding carboxylic acids is 1. The molecule has 18 heavy (non-hydrogen) atoms. The Hall–Kier alpha value is -1.35. The van der Waals surface area contributed by atoms with E-state index in [1.807, 2.05) is 0 Å². The van der Waals surface area contributed by atoms with E-state index in [1.54, 1.807) is 7.05 Å². The van der Waals surface area contributed by atoms with Gasteiger partial charge < -0.3 is 0 Å². The minimum atomic E-state index is -0.0552. The van der Waals surface area contributed by atoms with Crippen LogP contribution >= 0.6 is 0 Å². The average Bonchev–Trinajstić information content (AvgIpc) is 2.40. The molecule has 2 N–H and O–H groups in total. The molecule has 3 nitrogen and oxygen atoms in total. The van der Waals surface area contributed by atoms with Crippen molar-refractivity contribution in [3.8, 4) is 0 Å². The molecule has 1 amide bonds. The van der Waals surface area contributed by atoms with Gasteiger partial charge in [-0.2, -0.15) is 0 Å². The maximum absolute atomic E-state index is 11.5. The van der Waals surface area contributed by atoms with Gasteiger partial charge in [-0.25, -0.2) is 5.84 Å². The largest absolute Gasteiger partial charge is 0.284 e. The Kier molecular flexibility index (Phi) is 4.37. The van der Waals surface area contributed by atoms with Crippen LogP contribution in [0.5, 0.6) is 0 Å². The molecule has 1 fully saturated rings.